The van der Waals surface area contributed by atoms with E-state index in [4.69, 9.17) is 4.12 Å². The minimum absolute atomic E-state index is 0. The van der Waals surface area contributed by atoms with E-state index in [1.54, 1.807) is 0 Å². The van der Waals surface area contributed by atoms with Crippen LogP contribution in [0.5, 0.6) is 0 Å². The molecule has 0 fully saturated rings. The summed E-state index contributed by atoms with van der Waals surface area (Å²) in [6, 6.07) is 0. The molecule has 0 bridgehead atoms. The van der Waals surface area contributed by atoms with Gasteiger partial charge in [-0.3, -0.25) is 12.2 Å². The molecule has 0 aromatic rings. The van der Waals surface area contributed by atoms with Gasteiger partial charge in [0.25, 0.3) is 0 Å². The van der Waals surface area contributed by atoms with Crippen molar-refractivity contribution in [3.63, 3.8) is 0 Å². The van der Waals surface area contributed by atoms with Crippen molar-refractivity contribution in [1.29, 1.82) is 0 Å². The molecule has 0 atom stereocenters. The molecule has 0 unspecified atom stereocenters. The third-order valence-corrected chi connectivity index (χ3v) is 4.85. The van der Waals surface area contributed by atoms with Crippen molar-refractivity contribution in [3.8, 4) is 0 Å². The number of hydrogen-bond donors (Lipinski definition) is 0. The van der Waals surface area contributed by atoms with Crippen LogP contribution >= 0.6 is 0 Å². The molecule has 0 N–H and O–H groups in total. The van der Waals surface area contributed by atoms with Crippen LogP contribution in [0, 0.1) is 12.2 Å². The minimum atomic E-state index is -0.389. The smallest absolute Gasteiger partial charge is 1.00 e. The fraction of sp³-hybridized carbons (Fsp3) is 0.429. The van der Waals surface area contributed by atoms with Crippen molar-refractivity contribution in [1.82, 2.24) is 0 Å². The molecular weight excluding hydrogens is 402 g/mol. The van der Waals surface area contributed by atoms with Gasteiger partial charge in [-0.15, -0.1) is 12.8 Å². The van der Waals surface area contributed by atoms with Gasteiger partial charge >= 0.3 is 26.2 Å². The molecule has 2 rings (SSSR count). The van der Waals surface area contributed by atoms with Crippen molar-refractivity contribution in [2.45, 2.75) is 39.0 Å². The Hall–Kier alpha value is 0.817. The van der Waals surface area contributed by atoms with E-state index in [1.807, 2.05) is 24.3 Å². The molecule has 0 heterocycles. The van der Waals surface area contributed by atoms with E-state index in [0.29, 0.717) is 0 Å². The molecule has 20 heavy (non-hydrogen) atoms. The van der Waals surface area contributed by atoms with Crippen LogP contribution in [0.1, 0.15) is 12.8 Å². The summed E-state index contributed by atoms with van der Waals surface area (Å²) in [5.41, 5.74) is 0. The summed E-state index contributed by atoms with van der Waals surface area (Å²) < 4.78 is 5.45. The summed E-state index contributed by atoms with van der Waals surface area (Å²) in [6.07, 6.45) is 20.0. The van der Waals surface area contributed by atoms with E-state index in [9.17, 15) is 0 Å². The molecule has 0 saturated carbocycles. The first kappa shape index (κ1) is 28.9. The fourth-order valence-corrected chi connectivity index (χ4v) is 4.35. The van der Waals surface area contributed by atoms with Crippen LogP contribution in [-0.4, -0.2) is 18.1 Å². The zero-order valence-electron chi connectivity index (χ0n) is 12.5. The van der Waals surface area contributed by atoms with Gasteiger partial charge in [0.2, 0.25) is 0 Å². The Morgan fingerprint density at radius 3 is 1.20 bits per heavy atom. The van der Waals surface area contributed by atoms with E-state index >= 15 is 0 Å². The molecule has 0 amide bonds. The second-order valence-corrected chi connectivity index (χ2v) is 8.37. The maximum Gasteiger partial charge on any atom is 4.00 e. The molecule has 2 radical (unpaired) electrons. The summed E-state index contributed by atoms with van der Waals surface area (Å²) in [6.45, 7) is 8.68. The number of allylic oxidation sites excluding steroid dienone is 8. The van der Waals surface area contributed by atoms with Gasteiger partial charge in [-0.05, 0) is 26.2 Å². The molecule has 0 saturated heterocycles. The maximum absolute atomic E-state index is 5.45. The second kappa shape index (κ2) is 22.1. The molecule has 6 heteroatoms. The van der Waals surface area contributed by atoms with E-state index in [2.05, 4.69) is 50.5 Å². The standard InChI is InChI=1S/2C5H5.C4H12OSi2.2ClH.Zr/c2*1-2-4-5-3-1;1-6(2)5-7(3)4;;;/h2*1-3H,4H2;1-4H3;2*1H;/q2*-1;;;;+4/p-2. The normalized spacial score (nSPS) is 12.7. The Morgan fingerprint density at radius 1 is 0.800 bits per heavy atom. The van der Waals surface area contributed by atoms with Gasteiger partial charge in [0.15, 0.2) is 18.1 Å². The van der Waals surface area contributed by atoms with Gasteiger partial charge in [0.1, 0.15) is 0 Å². The van der Waals surface area contributed by atoms with Crippen LogP contribution in [0.25, 0.3) is 0 Å². The first-order valence-corrected chi connectivity index (χ1v) is 10.7. The summed E-state index contributed by atoms with van der Waals surface area (Å²) in [7, 11) is -0.778. The topological polar surface area (TPSA) is 9.23 Å². The van der Waals surface area contributed by atoms with Crippen LogP contribution in [0.4, 0.5) is 0 Å². The Morgan fingerprint density at radius 2 is 1.15 bits per heavy atom. The Labute approximate surface area is 160 Å². The summed E-state index contributed by atoms with van der Waals surface area (Å²) in [5, 5.41) is 0. The van der Waals surface area contributed by atoms with Crippen molar-refractivity contribution >= 4 is 18.1 Å². The van der Waals surface area contributed by atoms with Crippen molar-refractivity contribution < 1.29 is 55.1 Å². The zero-order chi connectivity index (χ0) is 12.9. The summed E-state index contributed by atoms with van der Waals surface area (Å²) in [4.78, 5) is 0. The molecule has 2 aliphatic rings. The van der Waals surface area contributed by atoms with Gasteiger partial charge in [-0.1, -0.05) is 0 Å². The largest absolute Gasteiger partial charge is 4.00 e. The van der Waals surface area contributed by atoms with E-state index < -0.39 is 0 Å². The molecule has 0 aromatic carbocycles. The molecular formula is C14H22Cl2OSi2Zr. The predicted molar refractivity (Wildman–Crippen MR) is 79.2 cm³/mol. The molecule has 0 spiro atoms. The fourth-order valence-electron chi connectivity index (χ4n) is 1.09. The van der Waals surface area contributed by atoms with Gasteiger partial charge in [-0.2, -0.15) is 12.2 Å². The number of halogens is 2. The molecule has 2 aliphatic carbocycles. The quantitative estimate of drug-likeness (QED) is 0.373. The SMILES string of the molecule is C[Si](C)O[Si](C)C.[C-]1=CC=CC1.[C-]1=CC=CC1.[Cl-].[Cl-].[Zr+4]. The monoisotopic (exact) mass is 422 g/mol. The minimum Gasteiger partial charge on any atom is -1.00 e. The van der Waals surface area contributed by atoms with Crippen LogP contribution in [-0.2, 0) is 30.3 Å². The van der Waals surface area contributed by atoms with E-state index in [1.165, 1.54) is 0 Å². The van der Waals surface area contributed by atoms with Crippen molar-refractivity contribution in [2.75, 3.05) is 0 Å². The third-order valence-electron chi connectivity index (χ3n) is 1.58. The Kier molecular flexibility index (Phi) is 31.9. The maximum atomic E-state index is 5.45. The molecule has 0 aliphatic heterocycles. The van der Waals surface area contributed by atoms with E-state index in [0.717, 1.165) is 12.8 Å². The molecule has 0 aromatic heterocycles. The van der Waals surface area contributed by atoms with Crippen LogP contribution < -0.4 is 24.8 Å². The average Bonchev–Trinajstić information content (AvgIpc) is 2.96. The molecule has 110 valence electrons. The molecule has 1 nitrogen and oxygen atoms in total. The van der Waals surface area contributed by atoms with Gasteiger partial charge < -0.3 is 28.9 Å². The van der Waals surface area contributed by atoms with Gasteiger partial charge in [-0.25, -0.2) is 24.3 Å². The van der Waals surface area contributed by atoms with Crippen LogP contribution in [0.15, 0.2) is 36.5 Å². The first-order chi connectivity index (χ1) is 8.13. The van der Waals surface area contributed by atoms with Gasteiger partial charge in [0, 0.05) is 0 Å². The number of hydrogen-bond acceptors (Lipinski definition) is 1. The third kappa shape index (κ3) is 27.2. The summed E-state index contributed by atoms with van der Waals surface area (Å²) in [5.74, 6) is 0. The Bertz CT molecular complexity index is 243. The van der Waals surface area contributed by atoms with E-state index in [-0.39, 0.29) is 69.1 Å². The Balaban J connectivity index is -0.0000000903. The van der Waals surface area contributed by atoms with Crippen molar-refractivity contribution in [2.24, 2.45) is 0 Å². The summed E-state index contributed by atoms with van der Waals surface area (Å²) >= 11 is 0. The number of rotatable bonds is 2. The zero-order valence-corrected chi connectivity index (χ0v) is 18.5. The van der Waals surface area contributed by atoms with Gasteiger partial charge in [0.05, 0.1) is 0 Å². The second-order valence-electron chi connectivity index (χ2n) is 3.92. The first-order valence-electron chi connectivity index (χ1n) is 5.84. The average molecular weight is 425 g/mol. The van der Waals surface area contributed by atoms with Crippen LogP contribution in [0.2, 0.25) is 26.2 Å². The van der Waals surface area contributed by atoms with Crippen LogP contribution in [0.3, 0.4) is 0 Å². The predicted octanol–water partition coefficient (Wildman–Crippen LogP) is -1.88. The van der Waals surface area contributed by atoms with Crippen molar-refractivity contribution in [3.05, 3.63) is 48.6 Å².